The number of nitrogens with zero attached hydrogens (tertiary/aromatic N) is 1. The summed E-state index contributed by atoms with van der Waals surface area (Å²) in [5.74, 6) is 2.44. The molecule has 216 valence electrons. The maximum atomic E-state index is 6.21. The molecule has 1 aromatic heterocycles. The Bertz CT molecular complexity index is 1840. The van der Waals surface area contributed by atoms with Crippen molar-refractivity contribution in [3.8, 4) is 5.75 Å². The summed E-state index contributed by atoms with van der Waals surface area (Å²) in [6, 6.07) is 49.3. The van der Waals surface area contributed by atoms with Gasteiger partial charge in [-0.3, -0.25) is 0 Å². The van der Waals surface area contributed by atoms with Gasteiger partial charge >= 0.3 is 0 Å². The molecule has 0 bridgehead atoms. The van der Waals surface area contributed by atoms with Gasteiger partial charge in [0.15, 0.2) is 0 Å². The van der Waals surface area contributed by atoms with Gasteiger partial charge in [0.25, 0.3) is 0 Å². The minimum atomic E-state index is 0.702. The zero-order valence-corrected chi connectivity index (χ0v) is 25.2. The third-order valence-electron chi connectivity index (χ3n) is 7.35. The van der Waals surface area contributed by atoms with Crippen LogP contribution in [-0.4, -0.2) is 7.11 Å². The zero-order chi connectivity index (χ0) is 30.1. The van der Waals surface area contributed by atoms with Crippen LogP contribution in [0.5, 0.6) is 5.75 Å². The fraction of sp³-hybridized carbons (Fsp3) is 0.0500. The lowest BCUT2D eigenvalue weighted by molar-refractivity contribution is 0.415. The van der Waals surface area contributed by atoms with Crippen molar-refractivity contribution in [2.75, 3.05) is 12.0 Å². The number of methoxy groups -OCH3 is 1. The lowest BCUT2D eigenvalue weighted by Gasteiger charge is -2.25. The molecule has 0 saturated carbocycles. The second kappa shape index (κ2) is 13.8. The summed E-state index contributed by atoms with van der Waals surface area (Å²) < 4.78 is 11.6. The minimum Gasteiger partial charge on any atom is -0.497 e. The first-order valence-corrected chi connectivity index (χ1v) is 14.9. The molecule has 1 heterocycles. The molecule has 0 unspecified atom stereocenters. The van der Waals surface area contributed by atoms with Crippen molar-refractivity contribution >= 4 is 52.5 Å². The SMILES string of the molecule is COc1ccc(N(c2ccc(Cl)cc2)c2ccc(C=Cc3ccc(C=C(Cc4ccccc4)c4ccccc4)o3)cc2)cc1. The van der Waals surface area contributed by atoms with Crippen molar-refractivity contribution in [3.63, 3.8) is 0 Å². The summed E-state index contributed by atoms with van der Waals surface area (Å²) in [5.41, 5.74) is 7.80. The topological polar surface area (TPSA) is 25.6 Å². The first-order valence-electron chi connectivity index (χ1n) is 14.5. The van der Waals surface area contributed by atoms with Crippen LogP contribution < -0.4 is 9.64 Å². The van der Waals surface area contributed by atoms with E-state index in [1.807, 2.05) is 78.9 Å². The second-order valence-corrected chi connectivity index (χ2v) is 10.8. The van der Waals surface area contributed by atoms with Crippen molar-refractivity contribution < 1.29 is 9.15 Å². The summed E-state index contributed by atoms with van der Waals surface area (Å²) in [7, 11) is 1.67. The van der Waals surface area contributed by atoms with Crippen LogP contribution in [0.25, 0.3) is 23.8 Å². The van der Waals surface area contributed by atoms with E-state index in [-0.39, 0.29) is 0 Å². The molecule has 0 aliphatic carbocycles. The number of halogens is 1. The van der Waals surface area contributed by atoms with Crippen molar-refractivity contribution in [2.24, 2.45) is 0 Å². The number of anilines is 3. The van der Waals surface area contributed by atoms with Gasteiger partial charge in [0, 0.05) is 22.1 Å². The summed E-state index contributed by atoms with van der Waals surface area (Å²) >= 11 is 6.19. The van der Waals surface area contributed by atoms with E-state index in [4.69, 9.17) is 20.8 Å². The normalized spacial score (nSPS) is 11.5. The fourth-order valence-corrected chi connectivity index (χ4v) is 5.22. The van der Waals surface area contributed by atoms with E-state index in [1.54, 1.807) is 7.11 Å². The van der Waals surface area contributed by atoms with Crippen molar-refractivity contribution in [1.82, 2.24) is 0 Å². The van der Waals surface area contributed by atoms with Gasteiger partial charge in [0.05, 0.1) is 7.11 Å². The molecule has 0 saturated heterocycles. The summed E-state index contributed by atoms with van der Waals surface area (Å²) in [6.07, 6.45) is 7.04. The number of hydrogen-bond donors (Lipinski definition) is 0. The standard InChI is InChI=1S/C40H32ClNO2/c1-43-38-24-21-37(22-25-38)42(36-19-15-34(41)16-20-36)35-17-12-30(13-18-35)14-23-39-26-27-40(44-39)29-33(32-10-6-3-7-11-32)28-31-8-4-2-5-9-31/h2-27,29H,28H2,1H3. The highest BCUT2D eigenvalue weighted by molar-refractivity contribution is 6.30. The molecular weight excluding hydrogens is 562 g/mol. The monoisotopic (exact) mass is 593 g/mol. The third-order valence-corrected chi connectivity index (χ3v) is 7.60. The highest BCUT2D eigenvalue weighted by Crippen LogP contribution is 2.36. The maximum absolute atomic E-state index is 6.21. The van der Waals surface area contributed by atoms with Crippen molar-refractivity contribution in [3.05, 3.63) is 179 Å². The Morgan fingerprint density at radius 2 is 1.20 bits per heavy atom. The van der Waals surface area contributed by atoms with Crippen LogP contribution in [0.1, 0.15) is 28.2 Å². The molecule has 0 aliphatic rings. The molecule has 0 spiro atoms. The Labute approximate surface area is 263 Å². The Morgan fingerprint density at radius 3 is 1.84 bits per heavy atom. The van der Waals surface area contributed by atoms with Gasteiger partial charge in [-0.2, -0.15) is 0 Å². The average Bonchev–Trinajstić information content (AvgIpc) is 3.53. The number of benzene rings is 5. The molecule has 0 N–H and O–H groups in total. The molecule has 0 radical (unpaired) electrons. The maximum Gasteiger partial charge on any atom is 0.127 e. The molecule has 4 heteroatoms. The van der Waals surface area contributed by atoms with Crippen LogP contribution >= 0.6 is 11.6 Å². The highest BCUT2D eigenvalue weighted by Gasteiger charge is 2.13. The molecule has 3 nitrogen and oxygen atoms in total. The first-order chi connectivity index (χ1) is 21.6. The van der Waals surface area contributed by atoms with Crippen LogP contribution in [0.4, 0.5) is 17.1 Å². The van der Waals surface area contributed by atoms with E-state index in [9.17, 15) is 0 Å². The Hall–Kier alpha value is -5.25. The van der Waals surface area contributed by atoms with Gasteiger partial charge in [-0.05, 0) is 114 Å². The number of ether oxygens (including phenoxy) is 1. The van der Waals surface area contributed by atoms with Gasteiger partial charge in [0.2, 0.25) is 0 Å². The lowest BCUT2D eigenvalue weighted by atomic mass is 9.97. The molecule has 6 aromatic rings. The molecule has 0 aliphatic heterocycles. The Kier molecular flexibility index (Phi) is 9.06. The van der Waals surface area contributed by atoms with Gasteiger partial charge in [-0.1, -0.05) is 90.5 Å². The molecule has 0 amide bonds. The predicted octanol–water partition coefficient (Wildman–Crippen LogP) is 11.4. The van der Waals surface area contributed by atoms with Crippen molar-refractivity contribution in [1.29, 1.82) is 0 Å². The van der Waals surface area contributed by atoms with Gasteiger partial charge in [-0.25, -0.2) is 0 Å². The van der Waals surface area contributed by atoms with E-state index < -0.39 is 0 Å². The van der Waals surface area contributed by atoms with E-state index in [2.05, 4.69) is 89.8 Å². The summed E-state index contributed by atoms with van der Waals surface area (Å²) in [5, 5.41) is 0.702. The van der Waals surface area contributed by atoms with Gasteiger partial charge in [-0.15, -0.1) is 0 Å². The molecule has 0 atom stereocenters. The summed E-state index contributed by atoms with van der Waals surface area (Å²) in [6.45, 7) is 0. The average molecular weight is 594 g/mol. The van der Waals surface area contributed by atoms with Crippen LogP contribution in [0.3, 0.4) is 0 Å². The smallest absolute Gasteiger partial charge is 0.127 e. The molecule has 44 heavy (non-hydrogen) atoms. The Morgan fingerprint density at radius 1 is 0.636 bits per heavy atom. The number of furan rings is 1. The van der Waals surface area contributed by atoms with E-state index >= 15 is 0 Å². The lowest BCUT2D eigenvalue weighted by Crippen LogP contribution is -2.09. The van der Waals surface area contributed by atoms with E-state index in [1.165, 1.54) is 16.7 Å². The van der Waals surface area contributed by atoms with Crippen LogP contribution in [0, 0.1) is 0 Å². The van der Waals surface area contributed by atoms with Crippen LogP contribution in [0.2, 0.25) is 5.02 Å². The van der Waals surface area contributed by atoms with Crippen LogP contribution in [-0.2, 0) is 6.42 Å². The van der Waals surface area contributed by atoms with Crippen LogP contribution in [0.15, 0.2) is 150 Å². The number of allylic oxidation sites excluding steroid dienone is 1. The van der Waals surface area contributed by atoms with Gasteiger partial charge in [0.1, 0.15) is 17.3 Å². The molecular formula is C40H32ClNO2. The first kappa shape index (κ1) is 28.9. The molecule has 0 fully saturated rings. The second-order valence-electron chi connectivity index (χ2n) is 10.4. The van der Waals surface area contributed by atoms with E-state index in [0.29, 0.717) is 5.02 Å². The zero-order valence-electron chi connectivity index (χ0n) is 24.4. The summed E-state index contributed by atoms with van der Waals surface area (Å²) in [4.78, 5) is 2.19. The number of hydrogen-bond acceptors (Lipinski definition) is 3. The fourth-order valence-electron chi connectivity index (χ4n) is 5.09. The minimum absolute atomic E-state index is 0.702. The largest absolute Gasteiger partial charge is 0.497 e. The third kappa shape index (κ3) is 7.20. The molecule has 6 rings (SSSR count). The highest BCUT2D eigenvalue weighted by atomic mass is 35.5. The quantitative estimate of drug-likeness (QED) is 0.158. The van der Waals surface area contributed by atoms with Crippen molar-refractivity contribution in [2.45, 2.75) is 6.42 Å². The Balaban J connectivity index is 1.22. The number of rotatable bonds is 10. The molecule has 5 aromatic carbocycles. The van der Waals surface area contributed by atoms with E-state index in [0.717, 1.165) is 46.3 Å². The van der Waals surface area contributed by atoms with Gasteiger partial charge < -0.3 is 14.1 Å². The predicted molar refractivity (Wildman–Crippen MR) is 185 cm³/mol.